The van der Waals surface area contributed by atoms with E-state index >= 15 is 0 Å². The zero-order valence-electron chi connectivity index (χ0n) is 23.6. The highest BCUT2D eigenvalue weighted by Gasteiger charge is 2.34. The molecular weight excluding hydrogens is 572 g/mol. The minimum absolute atomic E-state index is 0.0669. The Kier molecular flexibility index (Phi) is 21.2. The molecule has 13 heteroatoms. The Morgan fingerprint density at radius 1 is 0.833 bits per heavy atom. The predicted molar refractivity (Wildman–Crippen MR) is 166 cm³/mol. The number of hydrogen-bond donors (Lipinski definition) is 3. The van der Waals surface area contributed by atoms with E-state index in [-0.39, 0.29) is 31.0 Å². The zero-order valence-corrected chi connectivity index (χ0v) is 29.0. The van der Waals surface area contributed by atoms with Crippen molar-refractivity contribution in [3.63, 3.8) is 0 Å². The third-order valence-corrected chi connectivity index (χ3v) is 16.7. The molecule has 2 N–H and O–H groups in total. The van der Waals surface area contributed by atoms with Crippen LogP contribution in [0.25, 0.3) is 0 Å². The normalized spacial score (nSPS) is 19.7. The molecule has 0 amide bonds. The van der Waals surface area contributed by atoms with Crippen LogP contribution in [0.4, 0.5) is 0 Å². The molecule has 0 aliphatic carbocycles. The van der Waals surface area contributed by atoms with Crippen LogP contribution in [0.2, 0.25) is 25.2 Å². The summed E-state index contributed by atoms with van der Waals surface area (Å²) in [7, 11) is -4.83. The van der Waals surface area contributed by atoms with Crippen molar-refractivity contribution in [1.29, 1.82) is 0 Å². The van der Waals surface area contributed by atoms with E-state index in [1.165, 1.54) is 0 Å². The molecule has 0 aliphatic heterocycles. The molecule has 0 saturated heterocycles. The van der Waals surface area contributed by atoms with Gasteiger partial charge in [0.2, 0.25) is 0 Å². The van der Waals surface area contributed by atoms with E-state index < -0.39 is 22.6 Å². The van der Waals surface area contributed by atoms with E-state index in [9.17, 15) is 10.2 Å². The lowest BCUT2D eigenvalue weighted by atomic mass is 10.2. The standard InChI is InChI=1S/C23H53O7PS3Si2/c1-8-34-31(5,33)26-11-9-13-35(6,27-17-21(2)15-24)29-19-23(4)20-30-36(7,14-10-12-32)28-18-22(3)16-25/h21-25,32H,8-20H2,1-7H3/t21?,22?,23?,31?,35?,36-/m0/s1. The monoisotopic (exact) mass is 624 g/mol. The molecule has 6 atom stereocenters. The van der Waals surface area contributed by atoms with Crippen LogP contribution in [0.1, 0.15) is 40.5 Å². The lowest BCUT2D eigenvalue weighted by Gasteiger charge is -2.32. The van der Waals surface area contributed by atoms with Gasteiger partial charge in [-0.05, 0) is 56.2 Å². The van der Waals surface area contributed by atoms with Crippen LogP contribution in [-0.4, -0.2) is 91.8 Å². The lowest BCUT2D eigenvalue weighted by molar-refractivity contribution is 0.0866. The van der Waals surface area contributed by atoms with E-state index in [0.717, 1.165) is 36.4 Å². The van der Waals surface area contributed by atoms with Gasteiger partial charge < -0.3 is 32.4 Å². The SMILES string of the molecule is CCSP(C)(=S)OCCC[Si](C)(OCC(C)CO)OCC(C)CO[Si@@](C)(CCCS)OCC(C)CO. The van der Waals surface area contributed by atoms with Crippen LogP contribution in [0.5, 0.6) is 0 Å². The second-order valence-corrected chi connectivity index (χ2v) is 25.6. The van der Waals surface area contributed by atoms with Gasteiger partial charge in [-0.2, -0.15) is 12.6 Å². The molecule has 0 spiro atoms. The van der Waals surface area contributed by atoms with Crippen LogP contribution in [0, 0.1) is 17.8 Å². The average molecular weight is 625 g/mol. The molecule has 0 aromatic carbocycles. The summed E-state index contributed by atoms with van der Waals surface area (Å²) in [5.74, 6) is 2.10. The summed E-state index contributed by atoms with van der Waals surface area (Å²) in [5, 5.41) is 18.8. The molecule has 0 heterocycles. The number of rotatable bonds is 24. The number of aliphatic hydroxyl groups is 2. The minimum atomic E-state index is -2.47. The Hall–Kier alpha value is 1.50. The van der Waals surface area contributed by atoms with E-state index in [0.29, 0.717) is 33.0 Å². The van der Waals surface area contributed by atoms with Gasteiger partial charge in [-0.15, -0.1) is 0 Å². The van der Waals surface area contributed by atoms with Gasteiger partial charge in [-0.25, -0.2) is 0 Å². The highest BCUT2D eigenvalue weighted by atomic mass is 32.9. The van der Waals surface area contributed by atoms with Crippen molar-refractivity contribution in [3.8, 4) is 0 Å². The van der Waals surface area contributed by atoms with Crippen molar-refractivity contribution >= 4 is 58.4 Å². The quantitative estimate of drug-likeness (QED) is 0.0557. The first-order valence-corrected chi connectivity index (χ1v) is 23.5. The van der Waals surface area contributed by atoms with Gasteiger partial charge in [0, 0.05) is 57.4 Å². The van der Waals surface area contributed by atoms with Crippen molar-refractivity contribution in [2.45, 2.75) is 65.7 Å². The van der Waals surface area contributed by atoms with Crippen molar-refractivity contribution in [3.05, 3.63) is 0 Å². The number of thiol groups is 1. The van der Waals surface area contributed by atoms with E-state index in [2.05, 4.69) is 39.6 Å². The van der Waals surface area contributed by atoms with Crippen molar-refractivity contribution in [1.82, 2.24) is 0 Å². The Balaban J connectivity index is 4.90. The van der Waals surface area contributed by atoms with Crippen LogP contribution in [-0.2, 0) is 34.0 Å². The van der Waals surface area contributed by atoms with Crippen LogP contribution in [0.15, 0.2) is 0 Å². The molecule has 0 aromatic heterocycles. The molecule has 218 valence electrons. The second kappa shape index (κ2) is 20.4. The molecule has 36 heavy (non-hydrogen) atoms. The molecule has 0 bridgehead atoms. The van der Waals surface area contributed by atoms with Gasteiger partial charge in [0.05, 0.1) is 6.61 Å². The van der Waals surface area contributed by atoms with Crippen LogP contribution < -0.4 is 0 Å². The maximum Gasteiger partial charge on any atom is 0.335 e. The predicted octanol–water partition coefficient (Wildman–Crippen LogP) is 5.51. The summed E-state index contributed by atoms with van der Waals surface area (Å²) in [6.45, 7) is 17.3. The van der Waals surface area contributed by atoms with E-state index in [1.807, 2.05) is 20.5 Å². The highest BCUT2D eigenvalue weighted by molar-refractivity contribution is 8.69. The fraction of sp³-hybridized carbons (Fsp3) is 1.00. The van der Waals surface area contributed by atoms with Crippen molar-refractivity contribution < 1.29 is 32.4 Å². The smallest absolute Gasteiger partial charge is 0.335 e. The molecular formula is C23H53O7PS3Si2. The second-order valence-electron chi connectivity index (χ2n) is 10.1. The Bertz CT molecular complexity index is 614. The molecule has 0 rings (SSSR count). The Labute approximate surface area is 237 Å². The van der Waals surface area contributed by atoms with Gasteiger partial charge in [-0.3, -0.25) is 0 Å². The van der Waals surface area contributed by atoms with Gasteiger partial charge in [0.25, 0.3) is 0 Å². The fourth-order valence-corrected chi connectivity index (χ4v) is 12.5. The zero-order chi connectivity index (χ0) is 27.7. The first-order valence-electron chi connectivity index (χ1n) is 13.1. The van der Waals surface area contributed by atoms with Crippen LogP contribution in [0.3, 0.4) is 0 Å². The van der Waals surface area contributed by atoms with E-state index in [4.69, 9.17) is 34.0 Å². The summed E-state index contributed by atoms with van der Waals surface area (Å²) < 4.78 is 31.3. The third kappa shape index (κ3) is 18.7. The molecule has 5 unspecified atom stereocenters. The van der Waals surface area contributed by atoms with Crippen molar-refractivity contribution in [2.75, 3.05) is 64.4 Å². The summed E-state index contributed by atoms with van der Waals surface area (Å²) in [5.41, 5.74) is -1.78. The number of aliphatic hydroxyl groups excluding tert-OH is 2. The molecule has 0 aliphatic rings. The fourth-order valence-electron chi connectivity index (χ4n) is 3.10. The molecule has 0 radical (unpaired) electrons. The maximum absolute atomic E-state index is 9.43. The summed E-state index contributed by atoms with van der Waals surface area (Å²) in [4.78, 5) is 0. The number of hydrogen-bond acceptors (Lipinski definition) is 10. The van der Waals surface area contributed by atoms with Gasteiger partial charge in [0.1, 0.15) is 5.47 Å². The summed E-state index contributed by atoms with van der Waals surface area (Å²) in [6.07, 6.45) is 1.78. The first-order chi connectivity index (χ1) is 16.8. The largest absolute Gasteiger partial charge is 0.396 e. The highest BCUT2D eigenvalue weighted by Crippen LogP contribution is 2.56. The minimum Gasteiger partial charge on any atom is -0.396 e. The molecule has 0 aromatic rings. The summed E-state index contributed by atoms with van der Waals surface area (Å²) >= 11 is 11.7. The van der Waals surface area contributed by atoms with Crippen LogP contribution >= 0.6 is 29.5 Å². The lowest BCUT2D eigenvalue weighted by Crippen LogP contribution is -2.44. The Morgan fingerprint density at radius 2 is 1.25 bits per heavy atom. The molecule has 0 saturated carbocycles. The topological polar surface area (TPSA) is 86.6 Å². The summed E-state index contributed by atoms with van der Waals surface area (Å²) in [6, 6.07) is 1.68. The molecule has 7 nitrogen and oxygen atoms in total. The molecule has 0 fully saturated rings. The maximum atomic E-state index is 9.43. The van der Waals surface area contributed by atoms with Gasteiger partial charge in [-0.1, -0.05) is 50.9 Å². The van der Waals surface area contributed by atoms with Gasteiger partial charge >= 0.3 is 17.1 Å². The van der Waals surface area contributed by atoms with Crippen molar-refractivity contribution in [2.24, 2.45) is 17.8 Å². The average Bonchev–Trinajstić information content (AvgIpc) is 2.85. The third-order valence-electron chi connectivity index (χ3n) is 5.57. The van der Waals surface area contributed by atoms with Gasteiger partial charge in [0.15, 0.2) is 0 Å². The van der Waals surface area contributed by atoms with E-state index in [1.54, 1.807) is 11.4 Å². The first kappa shape index (κ1) is 37.5. The Morgan fingerprint density at radius 3 is 1.64 bits per heavy atom.